The van der Waals surface area contributed by atoms with Gasteiger partial charge in [0.2, 0.25) is 0 Å². The lowest BCUT2D eigenvalue weighted by molar-refractivity contribution is 0.210. The molecule has 166 valence electrons. The summed E-state index contributed by atoms with van der Waals surface area (Å²) in [5.41, 5.74) is 5.68. The topological polar surface area (TPSA) is 48.1 Å². The van der Waals surface area contributed by atoms with Crippen molar-refractivity contribution in [1.29, 1.82) is 0 Å². The predicted octanol–water partition coefficient (Wildman–Crippen LogP) is 5.58. The summed E-state index contributed by atoms with van der Waals surface area (Å²) in [5.74, 6) is 2.84. The third-order valence-electron chi connectivity index (χ3n) is 6.97. The summed E-state index contributed by atoms with van der Waals surface area (Å²) < 4.78 is 0. The summed E-state index contributed by atoms with van der Waals surface area (Å²) in [6, 6.07) is 8.99. The number of hydrogen-bond acceptors (Lipinski definition) is 4. The molecule has 5 nitrogen and oxygen atoms in total. The van der Waals surface area contributed by atoms with Gasteiger partial charge in [-0.25, -0.2) is 9.97 Å². The standard InChI is InChI=1S/C26H37N5/c1-18(2)31(14-6-7-21-12-15-30(5)16-13-21)24-11-9-22(17-27-24)26-28-23-10-8-19(3)20(4)25(23)29-26/h8-11,17-18,21H,6-7,12-16H2,1-5H3,(H,28,29). The smallest absolute Gasteiger partial charge is 0.140 e. The van der Waals surface area contributed by atoms with Crippen molar-refractivity contribution in [2.45, 2.75) is 59.4 Å². The number of likely N-dealkylation sites (tertiary alicyclic amines) is 1. The van der Waals surface area contributed by atoms with Gasteiger partial charge in [-0.2, -0.15) is 0 Å². The zero-order valence-electron chi connectivity index (χ0n) is 19.8. The molecular weight excluding hydrogens is 382 g/mol. The van der Waals surface area contributed by atoms with E-state index in [1.165, 1.54) is 49.9 Å². The maximum atomic E-state index is 4.85. The number of fused-ring (bicyclic) bond motifs is 1. The summed E-state index contributed by atoms with van der Waals surface area (Å²) in [6.07, 6.45) is 7.22. The molecule has 1 N–H and O–H groups in total. The molecule has 1 aliphatic heterocycles. The third kappa shape index (κ3) is 4.93. The highest BCUT2D eigenvalue weighted by Gasteiger charge is 2.18. The lowest BCUT2D eigenvalue weighted by atomic mass is 9.92. The fourth-order valence-corrected chi connectivity index (χ4v) is 4.68. The van der Waals surface area contributed by atoms with Gasteiger partial charge in [-0.05, 0) is 109 Å². The Kier molecular flexibility index (Phi) is 6.61. The Morgan fingerprint density at radius 3 is 2.58 bits per heavy atom. The van der Waals surface area contributed by atoms with Crippen LogP contribution in [0.5, 0.6) is 0 Å². The molecule has 4 rings (SSSR count). The van der Waals surface area contributed by atoms with Crippen LogP contribution in [0, 0.1) is 19.8 Å². The van der Waals surface area contributed by atoms with Gasteiger partial charge in [0.1, 0.15) is 11.6 Å². The summed E-state index contributed by atoms with van der Waals surface area (Å²) in [4.78, 5) is 18.0. The lowest BCUT2D eigenvalue weighted by Crippen LogP contribution is -2.33. The number of piperidine rings is 1. The van der Waals surface area contributed by atoms with E-state index < -0.39 is 0 Å². The Hall–Kier alpha value is -2.40. The molecule has 2 aromatic heterocycles. The molecule has 3 aromatic rings. The lowest BCUT2D eigenvalue weighted by Gasteiger charge is -2.31. The number of nitrogens with zero attached hydrogens (tertiary/aromatic N) is 4. The van der Waals surface area contributed by atoms with Crippen molar-refractivity contribution >= 4 is 16.9 Å². The van der Waals surface area contributed by atoms with Crippen LogP contribution in [0.25, 0.3) is 22.4 Å². The minimum atomic E-state index is 0.438. The van der Waals surface area contributed by atoms with Crippen LogP contribution in [0.15, 0.2) is 30.5 Å². The second-order valence-electron chi connectivity index (χ2n) is 9.57. The Balaban J connectivity index is 1.43. The van der Waals surface area contributed by atoms with Crippen LogP contribution >= 0.6 is 0 Å². The molecule has 0 aliphatic carbocycles. The third-order valence-corrected chi connectivity index (χ3v) is 6.97. The highest BCUT2D eigenvalue weighted by molar-refractivity contribution is 5.83. The fourth-order valence-electron chi connectivity index (χ4n) is 4.68. The first-order chi connectivity index (χ1) is 14.9. The number of aryl methyl sites for hydroxylation is 2. The highest BCUT2D eigenvalue weighted by Crippen LogP contribution is 2.26. The number of benzene rings is 1. The van der Waals surface area contributed by atoms with E-state index in [-0.39, 0.29) is 0 Å². The van der Waals surface area contributed by atoms with E-state index in [2.05, 4.69) is 73.8 Å². The summed E-state index contributed by atoms with van der Waals surface area (Å²) in [6.45, 7) is 12.4. The van der Waals surface area contributed by atoms with Crippen molar-refractivity contribution < 1.29 is 0 Å². The van der Waals surface area contributed by atoms with E-state index in [4.69, 9.17) is 9.97 Å². The maximum Gasteiger partial charge on any atom is 0.140 e. The minimum Gasteiger partial charge on any atom is -0.354 e. The average molecular weight is 420 g/mol. The normalized spacial score (nSPS) is 15.8. The van der Waals surface area contributed by atoms with Crippen LogP contribution in [0.2, 0.25) is 0 Å². The molecule has 1 saturated heterocycles. The monoisotopic (exact) mass is 419 g/mol. The van der Waals surface area contributed by atoms with Crippen LogP contribution in [0.1, 0.15) is 50.7 Å². The quantitative estimate of drug-likeness (QED) is 0.543. The number of rotatable bonds is 7. The Morgan fingerprint density at radius 2 is 1.90 bits per heavy atom. The Labute approximate surface area is 186 Å². The largest absolute Gasteiger partial charge is 0.354 e. The zero-order chi connectivity index (χ0) is 22.0. The molecule has 1 fully saturated rings. The van der Waals surface area contributed by atoms with E-state index in [9.17, 15) is 0 Å². The number of nitrogens with one attached hydrogen (secondary N) is 1. The number of anilines is 1. The van der Waals surface area contributed by atoms with Gasteiger partial charge >= 0.3 is 0 Å². The first-order valence-corrected chi connectivity index (χ1v) is 11.8. The molecular formula is C26H37N5. The Bertz CT molecular complexity index is 997. The van der Waals surface area contributed by atoms with Gasteiger partial charge in [0.25, 0.3) is 0 Å². The molecule has 0 radical (unpaired) electrons. The summed E-state index contributed by atoms with van der Waals surface area (Å²) in [5, 5.41) is 0. The first kappa shape index (κ1) is 21.8. The van der Waals surface area contributed by atoms with Gasteiger partial charge in [0, 0.05) is 24.3 Å². The fraction of sp³-hybridized carbons (Fsp3) is 0.538. The summed E-state index contributed by atoms with van der Waals surface area (Å²) in [7, 11) is 2.24. The van der Waals surface area contributed by atoms with Gasteiger partial charge in [-0.15, -0.1) is 0 Å². The molecule has 0 spiro atoms. The van der Waals surface area contributed by atoms with Crippen LogP contribution in [0.3, 0.4) is 0 Å². The molecule has 0 saturated carbocycles. The number of pyridine rings is 1. The Morgan fingerprint density at radius 1 is 1.13 bits per heavy atom. The van der Waals surface area contributed by atoms with E-state index in [0.29, 0.717) is 6.04 Å². The average Bonchev–Trinajstić information content (AvgIpc) is 3.20. The summed E-state index contributed by atoms with van der Waals surface area (Å²) >= 11 is 0. The van der Waals surface area contributed by atoms with Crippen molar-refractivity contribution in [2.24, 2.45) is 5.92 Å². The van der Waals surface area contributed by atoms with E-state index in [0.717, 1.165) is 40.7 Å². The number of imidazole rings is 1. The van der Waals surface area contributed by atoms with E-state index in [1.807, 2.05) is 6.20 Å². The second kappa shape index (κ2) is 9.39. The van der Waals surface area contributed by atoms with E-state index >= 15 is 0 Å². The molecule has 1 aliphatic rings. The van der Waals surface area contributed by atoms with Crippen LogP contribution in [-0.4, -0.2) is 52.6 Å². The molecule has 1 aromatic carbocycles. The van der Waals surface area contributed by atoms with Crippen LogP contribution in [0.4, 0.5) is 5.82 Å². The van der Waals surface area contributed by atoms with Crippen molar-refractivity contribution in [1.82, 2.24) is 19.9 Å². The van der Waals surface area contributed by atoms with Crippen molar-refractivity contribution in [2.75, 3.05) is 31.6 Å². The minimum absolute atomic E-state index is 0.438. The van der Waals surface area contributed by atoms with Gasteiger partial charge in [-0.1, -0.05) is 6.07 Å². The van der Waals surface area contributed by atoms with Crippen molar-refractivity contribution in [3.05, 3.63) is 41.6 Å². The number of aromatic nitrogens is 3. The number of H-pyrrole nitrogens is 1. The molecule has 5 heteroatoms. The van der Waals surface area contributed by atoms with Crippen molar-refractivity contribution in [3.8, 4) is 11.4 Å². The zero-order valence-corrected chi connectivity index (χ0v) is 19.8. The molecule has 3 heterocycles. The number of aromatic amines is 1. The maximum absolute atomic E-state index is 4.85. The first-order valence-electron chi connectivity index (χ1n) is 11.8. The highest BCUT2D eigenvalue weighted by atomic mass is 15.2. The predicted molar refractivity (Wildman–Crippen MR) is 131 cm³/mol. The van der Waals surface area contributed by atoms with Gasteiger partial charge in [0.15, 0.2) is 0 Å². The van der Waals surface area contributed by atoms with Crippen LogP contribution < -0.4 is 4.90 Å². The van der Waals surface area contributed by atoms with Gasteiger partial charge in [0.05, 0.1) is 11.0 Å². The van der Waals surface area contributed by atoms with Crippen LogP contribution in [-0.2, 0) is 0 Å². The molecule has 0 atom stereocenters. The molecule has 31 heavy (non-hydrogen) atoms. The van der Waals surface area contributed by atoms with E-state index in [1.54, 1.807) is 0 Å². The molecule has 0 amide bonds. The van der Waals surface area contributed by atoms with Crippen molar-refractivity contribution in [3.63, 3.8) is 0 Å². The molecule has 0 unspecified atom stereocenters. The molecule has 0 bridgehead atoms. The van der Waals surface area contributed by atoms with Gasteiger partial charge < -0.3 is 14.8 Å². The number of hydrogen-bond donors (Lipinski definition) is 1. The van der Waals surface area contributed by atoms with Gasteiger partial charge in [-0.3, -0.25) is 0 Å². The SMILES string of the molecule is Cc1ccc2[nH]c(-c3ccc(N(CCCC4CCN(C)CC4)C(C)C)nc3)nc2c1C. The second-order valence-corrected chi connectivity index (χ2v) is 9.57.